The van der Waals surface area contributed by atoms with Crippen molar-refractivity contribution in [1.82, 2.24) is 0 Å². The van der Waals surface area contributed by atoms with Crippen LogP contribution in [0.15, 0.2) is 0 Å². The molecule has 1 aliphatic rings. The van der Waals surface area contributed by atoms with Crippen LogP contribution < -0.4 is 0 Å². The van der Waals surface area contributed by atoms with Gasteiger partial charge in [-0.2, -0.15) is 0 Å². The van der Waals surface area contributed by atoms with Gasteiger partial charge in [-0.15, -0.1) is 0 Å². The van der Waals surface area contributed by atoms with Crippen LogP contribution in [0.4, 0.5) is 0 Å². The maximum Gasteiger partial charge on any atom is 0.0626 e. The van der Waals surface area contributed by atoms with Crippen molar-refractivity contribution in [3.05, 3.63) is 0 Å². The first kappa shape index (κ1) is 11.0. The molecule has 0 spiro atoms. The first-order chi connectivity index (χ1) is 6.20. The molecule has 1 aliphatic carbocycles. The van der Waals surface area contributed by atoms with Crippen LogP contribution in [0.3, 0.4) is 0 Å². The third-order valence-corrected chi connectivity index (χ3v) is 3.21. The van der Waals surface area contributed by atoms with E-state index in [-0.39, 0.29) is 0 Å². The second-order valence-corrected chi connectivity index (χ2v) is 4.30. The van der Waals surface area contributed by atoms with Crippen LogP contribution in [0.1, 0.15) is 33.1 Å². The molecule has 0 aromatic carbocycles. The average Bonchev–Trinajstić information content (AvgIpc) is 2.16. The maximum absolute atomic E-state index is 5.52. The van der Waals surface area contributed by atoms with E-state index in [1.54, 1.807) is 0 Å². The van der Waals surface area contributed by atoms with E-state index in [0.717, 1.165) is 0 Å². The highest BCUT2D eigenvalue weighted by atomic mass is 16.5. The van der Waals surface area contributed by atoms with Gasteiger partial charge in [-0.1, -0.05) is 13.8 Å². The number of ether oxygens (including phenoxy) is 2. The van der Waals surface area contributed by atoms with Gasteiger partial charge in [-0.3, -0.25) is 0 Å². The molecule has 1 rings (SSSR count). The van der Waals surface area contributed by atoms with Crippen molar-refractivity contribution in [1.29, 1.82) is 0 Å². The number of hydrogen-bond donors (Lipinski definition) is 0. The van der Waals surface area contributed by atoms with Crippen molar-refractivity contribution >= 4 is 0 Å². The third-order valence-electron chi connectivity index (χ3n) is 3.21. The van der Waals surface area contributed by atoms with Crippen LogP contribution in [-0.4, -0.2) is 26.4 Å². The van der Waals surface area contributed by atoms with Crippen LogP contribution in [0.2, 0.25) is 0 Å². The lowest BCUT2D eigenvalue weighted by molar-refractivity contribution is -0.0801. The minimum atomic E-state index is 0.402. The molecule has 0 N–H and O–H groups in total. The Bertz CT molecular complexity index is 133. The topological polar surface area (TPSA) is 18.5 Å². The molecular formula is C11H22O2. The summed E-state index contributed by atoms with van der Waals surface area (Å²) in [4.78, 5) is 0. The second-order valence-electron chi connectivity index (χ2n) is 4.30. The monoisotopic (exact) mass is 186 g/mol. The van der Waals surface area contributed by atoms with Gasteiger partial charge >= 0.3 is 0 Å². The molecule has 2 atom stereocenters. The van der Waals surface area contributed by atoms with Gasteiger partial charge in [0.15, 0.2) is 0 Å². The van der Waals surface area contributed by atoms with Gasteiger partial charge in [0.2, 0.25) is 0 Å². The highest BCUT2D eigenvalue weighted by Gasteiger charge is 2.35. The Hall–Kier alpha value is -0.0800. The Kier molecular flexibility index (Phi) is 4.20. The van der Waals surface area contributed by atoms with Gasteiger partial charge in [-0.25, -0.2) is 0 Å². The summed E-state index contributed by atoms with van der Waals surface area (Å²) >= 11 is 0. The Morgan fingerprint density at radius 2 is 1.46 bits per heavy atom. The summed E-state index contributed by atoms with van der Waals surface area (Å²) in [6, 6.07) is 0. The van der Waals surface area contributed by atoms with Crippen molar-refractivity contribution in [2.45, 2.75) is 45.3 Å². The molecule has 0 radical (unpaired) electrons. The van der Waals surface area contributed by atoms with E-state index in [1.807, 2.05) is 14.2 Å². The molecule has 13 heavy (non-hydrogen) atoms. The highest BCUT2D eigenvalue weighted by Crippen LogP contribution is 2.33. The molecule has 78 valence electrons. The Morgan fingerprint density at radius 3 is 1.77 bits per heavy atom. The standard InChI is InChI=1S/C11H22O2/c1-8(2)11-9(12-3)6-5-7-10(11)13-4/h8-11H,5-7H2,1-4H3. The van der Waals surface area contributed by atoms with Gasteiger partial charge in [0.05, 0.1) is 12.2 Å². The first-order valence-corrected chi connectivity index (χ1v) is 5.26. The molecule has 0 saturated heterocycles. The average molecular weight is 186 g/mol. The van der Waals surface area contributed by atoms with Crippen LogP contribution in [0.25, 0.3) is 0 Å². The molecule has 1 fully saturated rings. The van der Waals surface area contributed by atoms with Crippen LogP contribution in [0, 0.1) is 11.8 Å². The summed E-state index contributed by atoms with van der Waals surface area (Å²) in [5.74, 6) is 1.22. The van der Waals surface area contributed by atoms with E-state index < -0.39 is 0 Å². The summed E-state index contributed by atoms with van der Waals surface area (Å²) in [6.07, 6.45) is 4.43. The second kappa shape index (κ2) is 4.97. The van der Waals surface area contributed by atoms with E-state index in [9.17, 15) is 0 Å². The Labute approximate surface area is 81.6 Å². The Balaban J connectivity index is 2.64. The van der Waals surface area contributed by atoms with Gasteiger partial charge in [0, 0.05) is 20.1 Å². The van der Waals surface area contributed by atoms with E-state index in [0.29, 0.717) is 24.0 Å². The molecule has 0 bridgehead atoms. The molecular weight excluding hydrogens is 164 g/mol. The van der Waals surface area contributed by atoms with Gasteiger partial charge in [-0.05, 0) is 25.2 Å². The fraction of sp³-hybridized carbons (Fsp3) is 1.00. The summed E-state index contributed by atoms with van der Waals surface area (Å²) in [7, 11) is 3.64. The van der Waals surface area contributed by atoms with Crippen molar-refractivity contribution in [3.63, 3.8) is 0 Å². The lowest BCUT2D eigenvalue weighted by Gasteiger charge is -2.39. The zero-order valence-corrected chi connectivity index (χ0v) is 9.25. The minimum absolute atomic E-state index is 0.402. The lowest BCUT2D eigenvalue weighted by atomic mass is 9.77. The zero-order valence-electron chi connectivity index (χ0n) is 9.25. The first-order valence-electron chi connectivity index (χ1n) is 5.26. The van der Waals surface area contributed by atoms with E-state index >= 15 is 0 Å². The quantitative estimate of drug-likeness (QED) is 0.674. The summed E-state index contributed by atoms with van der Waals surface area (Å²) in [5.41, 5.74) is 0. The van der Waals surface area contributed by atoms with E-state index in [1.165, 1.54) is 19.3 Å². The molecule has 1 saturated carbocycles. The molecule has 0 amide bonds. The molecule has 0 heterocycles. The molecule has 2 unspecified atom stereocenters. The normalized spacial score (nSPS) is 35.3. The molecule has 0 aliphatic heterocycles. The van der Waals surface area contributed by atoms with Gasteiger partial charge in [0.25, 0.3) is 0 Å². The predicted octanol–water partition coefficient (Wildman–Crippen LogP) is 2.47. The smallest absolute Gasteiger partial charge is 0.0626 e. The SMILES string of the molecule is COC1CCCC(OC)C1C(C)C. The fourth-order valence-corrected chi connectivity index (χ4v) is 2.55. The van der Waals surface area contributed by atoms with Crippen molar-refractivity contribution in [2.24, 2.45) is 11.8 Å². The predicted molar refractivity (Wildman–Crippen MR) is 53.8 cm³/mol. The van der Waals surface area contributed by atoms with Crippen LogP contribution in [-0.2, 0) is 9.47 Å². The van der Waals surface area contributed by atoms with E-state index in [4.69, 9.17) is 9.47 Å². The molecule has 2 nitrogen and oxygen atoms in total. The molecule has 0 aromatic rings. The van der Waals surface area contributed by atoms with Crippen LogP contribution in [0.5, 0.6) is 0 Å². The highest BCUT2D eigenvalue weighted by molar-refractivity contribution is 4.85. The van der Waals surface area contributed by atoms with Crippen molar-refractivity contribution < 1.29 is 9.47 Å². The summed E-state index contributed by atoms with van der Waals surface area (Å²) < 4.78 is 11.0. The van der Waals surface area contributed by atoms with Crippen molar-refractivity contribution in [3.8, 4) is 0 Å². The fourth-order valence-electron chi connectivity index (χ4n) is 2.55. The zero-order chi connectivity index (χ0) is 9.84. The van der Waals surface area contributed by atoms with Crippen LogP contribution >= 0.6 is 0 Å². The third kappa shape index (κ3) is 2.44. The number of methoxy groups -OCH3 is 2. The number of hydrogen-bond acceptors (Lipinski definition) is 2. The lowest BCUT2D eigenvalue weighted by Crippen LogP contribution is -2.41. The molecule has 0 aromatic heterocycles. The van der Waals surface area contributed by atoms with Gasteiger partial charge in [0.1, 0.15) is 0 Å². The van der Waals surface area contributed by atoms with Crippen molar-refractivity contribution in [2.75, 3.05) is 14.2 Å². The Morgan fingerprint density at radius 1 is 1.00 bits per heavy atom. The minimum Gasteiger partial charge on any atom is -0.381 e. The summed E-state index contributed by atoms with van der Waals surface area (Å²) in [6.45, 7) is 4.52. The molecule has 2 heteroatoms. The van der Waals surface area contributed by atoms with Gasteiger partial charge < -0.3 is 9.47 Å². The maximum atomic E-state index is 5.52. The summed E-state index contributed by atoms with van der Waals surface area (Å²) in [5, 5.41) is 0. The number of rotatable bonds is 3. The largest absolute Gasteiger partial charge is 0.381 e. The van der Waals surface area contributed by atoms with E-state index in [2.05, 4.69) is 13.8 Å².